The molecule has 2 fully saturated rings. The van der Waals surface area contributed by atoms with E-state index in [0.717, 1.165) is 17.8 Å². The summed E-state index contributed by atoms with van der Waals surface area (Å²) in [6, 6.07) is 1.39. The maximum absolute atomic E-state index is 12.4. The number of amides is 1. The Bertz CT molecular complexity index is 672. The number of nitrogens with zero attached hydrogens (tertiary/aromatic N) is 3. The summed E-state index contributed by atoms with van der Waals surface area (Å²) < 4.78 is 0. The molecule has 0 aromatic carbocycles. The second-order valence-corrected chi connectivity index (χ2v) is 6.77. The summed E-state index contributed by atoms with van der Waals surface area (Å²) in [5.74, 6) is -0.0855. The third kappa shape index (κ3) is 4.03. The lowest BCUT2D eigenvalue weighted by molar-refractivity contribution is 0.0919. The van der Waals surface area contributed by atoms with E-state index in [-0.39, 0.29) is 36.8 Å². The highest BCUT2D eigenvalue weighted by molar-refractivity contribution is 7.13. The zero-order valence-electron chi connectivity index (χ0n) is 12.8. The molecular weight excluding hydrogens is 369 g/mol. The molecule has 2 aliphatic rings. The van der Waals surface area contributed by atoms with Gasteiger partial charge in [0.2, 0.25) is 0 Å². The second-order valence-electron chi connectivity index (χ2n) is 5.91. The molecule has 24 heavy (non-hydrogen) atoms. The lowest BCUT2D eigenvalue weighted by atomic mass is 10.00. The smallest absolute Gasteiger partial charge is 0.270 e. The fraction of sp³-hybridized carbons (Fsp3) is 0.467. The van der Waals surface area contributed by atoms with Crippen LogP contribution in [0.25, 0.3) is 10.7 Å². The minimum absolute atomic E-state index is 0. The van der Waals surface area contributed by atoms with E-state index in [4.69, 9.17) is 0 Å². The molecule has 2 aromatic rings. The molecule has 2 N–H and O–H groups in total. The Balaban J connectivity index is 0.00000104. The van der Waals surface area contributed by atoms with Crippen molar-refractivity contribution in [1.29, 1.82) is 0 Å². The highest BCUT2D eigenvalue weighted by Crippen LogP contribution is 2.27. The molecule has 4 heterocycles. The summed E-state index contributed by atoms with van der Waals surface area (Å²) in [5, 5.41) is 9.22. The highest BCUT2D eigenvalue weighted by atomic mass is 35.5. The van der Waals surface area contributed by atoms with E-state index < -0.39 is 0 Å². The van der Waals surface area contributed by atoms with E-state index in [1.807, 2.05) is 0 Å². The number of hydrogen-bond donors (Lipinski definition) is 2. The number of rotatable bonds is 3. The van der Waals surface area contributed by atoms with Gasteiger partial charge in [-0.05, 0) is 25.7 Å². The number of thiazole rings is 1. The molecule has 130 valence electrons. The molecular formula is C15H19Cl2N5OS. The summed E-state index contributed by atoms with van der Waals surface area (Å²) in [6.45, 7) is 0. The van der Waals surface area contributed by atoms with Gasteiger partial charge < -0.3 is 10.6 Å². The van der Waals surface area contributed by atoms with Crippen molar-refractivity contribution >= 4 is 42.1 Å². The Hall–Kier alpha value is -1.28. The van der Waals surface area contributed by atoms with Crippen LogP contribution in [-0.4, -0.2) is 39.0 Å². The number of carbonyl (C=O) groups excluding carboxylic acids is 1. The molecule has 0 spiro atoms. The lowest BCUT2D eigenvalue weighted by Gasteiger charge is -2.29. The third-order valence-corrected chi connectivity index (χ3v) is 5.19. The number of aromatic nitrogens is 3. The van der Waals surface area contributed by atoms with Crippen LogP contribution in [0.3, 0.4) is 0 Å². The molecule has 0 aliphatic carbocycles. The standard InChI is InChI=1S/C15H17N5OS.2ClH/c21-14(19-11-5-9-1-2-10(6-11)18-9)13-8-22-15(20-13)12-7-16-3-4-17-12;;/h3-4,7-11,18H,1-2,5-6H2,(H,19,21);2*1H. The van der Waals surface area contributed by atoms with Gasteiger partial charge in [-0.2, -0.15) is 0 Å². The van der Waals surface area contributed by atoms with Crippen LogP contribution in [0.2, 0.25) is 0 Å². The predicted octanol–water partition coefficient (Wildman–Crippen LogP) is 2.46. The van der Waals surface area contributed by atoms with Crippen LogP contribution >= 0.6 is 36.2 Å². The SMILES string of the molecule is Cl.Cl.O=C(NC1CC2CCC(C1)N2)c1csc(-c2cnccn2)n1. The zero-order chi connectivity index (χ0) is 14.9. The van der Waals surface area contributed by atoms with Gasteiger partial charge in [0, 0.05) is 35.9 Å². The summed E-state index contributed by atoms with van der Waals surface area (Å²) in [7, 11) is 0. The molecule has 2 saturated heterocycles. The summed E-state index contributed by atoms with van der Waals surface area (Å²) >= 11 is 1.42. The summed E-state index contributed by atoms with van der Waals surface area (Å²) in [6.07, 6.45) is 9.39. The fourth-order valence-electron chi connectivity index (χ4n) is 3.34. The van der Waals surface area contributed by atoms with Crippen molar-refractivity contribution in [2.75, 3.05) is 0 Å². The Morgan fingerprint density at radius 3 is 2.62 bits per heavy atom. The average molecular weight is 388 g/mol. The van der Waals surface area contributed by atoms with Gasteiger partial charge in [-0.1, -0.05) is 0 Å². The number of fused-ring (bicyclic) bond motifs is 2. The van der Waals surface area contributed by atoms with Crippen LogP contribution in [0.4, 0.5) is 0 Å². The van der Waals surface area contributed by atoms with Crippen LogP contribution < -0.4 is 10.6 Å². The highest BCUT2D eigenvalue weighted by Gasteiger charge is 2.34. The van der Waals surface area contributed by atoms with Crippen LogP contribution in [0.15, 0.2) is 24.0 Å². The molecule has 2 aromatic heterocycles. The van der Waals surface area contributed by atoms with Gasteiger partial charge >= 0.3 is 0 Å². The normalized spacial score (nSPS) is 24.6. The minimum Gasteiger partial charge on any atom is -0.348 e. The van der Waals surface area contributed by atoms with Crippen LogP contribution in [-0.2, 0) is 0 Å². The largest absolute Gasteiger partial charge is 0.348 e. The number of nitrogens with one attached hydrogen (secondary N) is 2. The quantitative estimate of drug-likeness (QED) is 0.845. The Morgan fingerprint density at radius 1 is 1.21 bits per heavy atom. The van der Waals surface area contributed by atoms with Crippen molar-refractivity contribution in [3.05, 3.63) is 29.7 Å². The Kier molecular flexibility index (Phi) is 6.51. The molecule has 0 radical (unpaired) electrons. The lowest BCUT2D eigenvalue weighted by Crippen LogP contribution is -2.48. The molecule has 9 heteroatoms. The number of piperidine rings is 1. The van der Waals surface area contributed by atoms with E-state index in [0.29, 0.717) is 23.5 Å². The number of hydrogen-bond acceptors (Lipinski definition) is 6. The fourth-order valence-corrected chi connectivity index (χ4v) is 4.10. The zero-order valence-corrected chi connectivity index (χ0v) is 15.3. The van der Waals surface area contributed by atoms with Gasteiger partial charge in [-0.15, -0.1) is 36.2 Å². The Morgan fingerprint density at radius 2 is 1.96 bits per heavy atom. The molecule has 0 saturated carbocycles. The first kappa shape index (κ1) is 19.1. The summed E-state index contributed by atoms with van der Waals surface area (Å²) in [4.78, 5) is 25.0. The first-order chi connectivity index (χ1) is 10.8. The van der Waals surface area contributed by atoms with Crippen LogP contribution in [0.5, 0.6) is 0 Å². The molecule has 2 bridgehead atoms. The van der Waals surface area contributed by atoms with Crippen molar-refractivity contribution in [3.8, 4) is 10.7 Å². The first-order valence-corrected chi connectivity index (χ1v) is 8.45. The molecule has 4 rings (SSSR count). The monoisotopic (exact) mass is 387 g/mol. The minimum atomic E-state index is -0.0855. The average Bonchev–Trinajstić information content (AvgIpc) is 3.15. The predicted molar refractivity (Wildman–Crippen MR) is 98.1 cm³/mol. The van der Waals surface area contributed by atoms with Crippen molar-refractivity contribution in [2.24, 2.45) is 0 Å². The van der Waals surface area contributed by atoms with Gasteiger partial charge in [0.1, 0.15) is 16.4 Å². The molecule has 6 nitrogen and oxygen atoms in total. The molecule has 2 atom stereocenters. The van der Waals surface area contributed by atoms with Gasteiger partial charge in [-0.25, -0.2) is 4.98 Å². The van der Waals surface area contributed by atoms with Crippen molar-refractivity contribution in [3.63, 3.8) is 0 Å². The number of halogens is 2. The van der Waals surface area contributed by atoms with E-state index >= 15 is 0 Å². The maximum atomic E-state index is 12.4. The van der Waals surface area contributed by atoms with Crippen LogP contribution in [0.1, 0.15) is 36.2 Å². The van der Waals surface area contributed by atoms with Crippen molar-refractivity contribution < 1.29 is 4.79 Å². The Labute approximate surface area is 156 Å². The van der Waals surface area contributed by atoms with Gasteiger partial charge in [0.25, 0.3) is 5.91 Å². The summed E-state index contributed by atoms with van der Waals surface area (Å²) in [5.41, 5.74) is 1.17. The maximum Gasteiger partial charge on any atom is 0.270 e. The van der Waals surface area contributed by atoms with Crippen molar-refractivity contribution in [2.45, 2.75) is 43.8 Å². The molecule has 2 aliphatic heterocycles. The van der Waals surface area contributed by atoms with Crippen LogP contribution in [0, 0.1) is 0 Å². The van der Waals surface area contributed by atoms with Gasteiger partial charge in [-0.3, -0.25) is 14.8 Å². The van der Waals surface area contributed by atoms with E-state index in [1.165, 1.54) is 24.2 Å². The number of carbonyl (C=O) groups is 1. The van der Waals surface area contributed by atoms with Gasteiger partial charge in [0.05, 0.1) is 6.20 Å². The second kappa shape index (κ2) is 8.20. The molecule has 1 amide bonds. The van der Waals surface area contributed by atoms with E-state index in [1.54, 1.807) is 24.0 Å². The van der Waals surface area contributed by atoms with E-state index in [9.17, 15) is 4.79 Å². The molecule has 2 unspecified atom stereocenters. The van der Waals surface area contributed by atoms with Gasteiger partial charge in [0.15, 0.2) is 0 Å². The first-order valence-electron chi connectivity index (χ1n) is 7.57. The van der Waals surface area contributed by atoms with E-state index in [2.05, 4.69) is 25.6 Å². The third-order valence-electron chi connectivity index (χ3n) is 4.33. The topological polar surface area (TPSA) is 79.8 Å². The van der Waals surface area contributed by atoms with Crippen molar-refractivity contribution in [1.82, 2.24) is 25.6 Å².